The summed E-state index contributed by atoms with van der Waals surface area (Å²) in [5.41, 5.74) is 0. The van der Waals surface area contributed by atoms with Crippen LogP contribution < -0.4 is 0 Å². The van der Waals surface area contributed by atoms with Gasteiger partial charge in [0.25, 0.3) is 0 Å². The minimum Gasteiger partial charge on any atom is -0.480 e. The molecule has 2 unspecified atom stereocenters. The van der Waals surface area contributed by atoms with Crippen LogP contribution >= 0.6 is 0 Å². The molecule has 0 aliphatic carbocycles. The van der Waals surface area contributed by atoms with Crippen LogP contribution in [-0.2, 0) is 14.6 Å². The molecule has 1 fully saturated rings. The van der Waals surface area contributed by atoms with Gasteiger partial charge in [-0.3, -0.25) is 4.79 Å². The second-order valence-electron chi connectivity index (χ2n) is 5.79. The summed E-state index contributed by atoms with van der Waals surface area (Å²) in [5.74, 6) is -1.66. The van der Waals surface area contributed by atoms with Crippen LogP contribution in [0.5, 0.6) is 0 Å². The summed E-state index contributed by atoms with van der Waals surface area (Å²) >= 11 is 0. The normalized spacial score (nSPS) is 23.5. The van der Waals surface area contributed by atoms with E-state index in [1.807, 2.05) is 7.05 Å². The molecule has 0 spiro atoms. The van der Waals surface area contributed by atoms with E-state index >= 15 is 0 Å². The molecule has 1 N–H and O–H groups in total. The van der Waals surface area contributed by atoms with E-state index in [1.54, 1.807) is 13.8 Å². The predicted octanol–water partition coefficient (Wildman–Crippen LogP) is 1.38. The number of hydrogen-bond donors (Lipinski definition) is 1. The van der Waals surface area contributed by atoms with Gasteiger partial charge in [0.05, 0.1) is 5.75 Å². The quantitative estimate of drug-likeness (QED) is 0.800. The molecular weight excluding hydrogens is 266 g/mol. The maximum atomic E-state index is 12.2. The van der Waals surface area contributed by atoms with Crippen LogP contribution in [0.1, 0.15) is 39.5 Å². The number of carboxylic acid groups (broad SMARTS) is 1. The fourth-order valence-electron chi connectivity index (χ4n) is 2.79. The standard InChI is InChI=1S/C13H25NO4S/c1-10(2)12(13(15)16)19(17,18)9-7-11-6-4-5-8-14(11)3/h10-12H,4-9H2,1-3H3,(H,15,16). The zero-order chi connectivity index (χ0) is 14.6. The molecular formula is C13H25NO4S. The smallest absolute Gasteiger partial charge is 0.322 e. The van der Waals surface area contributed by atoms with E-state index in [9.17, 15) is 13.2 Å². The van der Waals surface area contributed by atoms with Crippen molar-refractivity contribution >= 4 is 15.8 Å². The van der Waals surface area contributed by atoms with E-state index in [0.717, 1.165) is 25.8 Å². The lowest BCUT2D eigenvalue weighted by molar-refractivity contribution is -0.137. The van der Waals surface area contributed by atoms with Crippen LogP contribution in [0.25, 0.3) is 0 Å². The summed E-state index contributed by atoms with van der Waals surface area (Å²) < 4.78 is 24.3. The first-order chi connectivity index (χ1) is 8.75. The van der Waals surface area contributed by atoms with Gasteiger partial charge in [-0.2, -0.15) is 0 Å². The minimum atomic E-state index is -3.57. The summed E-state index contributed by atoms with van der Waals surface area (Å²) in [7, 11) is -1.56. The Balaban J connectivity index is 2.66. The van der Waals surface area contributed by atoms with Crippen molar-refractivity contribution in [3.63, 3.8) is 0 Å². The van der Waals surface area contributed by atoms with Gasteiger partial charge >= 0.3 is 5.97 Å². The Hall–Kier alpha value is -0.620. The lowest BCUT2D eigenvalue weighted by Crippen LogP contribution is -2.40. The zero-order valence-corrected chi connectivity index (χ0v) is 12.8. The van der Waals surface area contributed by atoms with E-state index in [0.29, 0.717) is 6.42 Å². The summed E-state index contributed by atoms with van der Waals surface area (Å²) in [6, 6.07) is 0.269. The number of carboxylic acids is 1. The number of rotatable bonds is 6. The monoisotopic (exact) mass is 291 g/mol. The molecule has 0 aromatic carbocycles. The molecule has 5 nitrogen and oxygen atoms in total. The third-order valence-electron chi connectivity index (χ3n) is 3.89. The van der Waals surface area contributed by atoms with Crippen LogP contribution in [0.2, 0.25) is 0 Å². The molecule has 19 heavy (non-hydrogen) atoms. The number of nitrogens with zero attached hydrogens (tertiary/aromatic N) is 1. The molecule has 1 saturated heterocycles. The molecule has 1 aliphatic rings. The van der Waals surface area contributed by atoms with Crippen molar-refractivity contribution in [1.82, 2.24) is 4.90 Å². The van der Waals surface area contributed by atoms with E-state index in [4.69, 9.17) is 5.11 Å². The van der Waals surface area contributed by atoms with Crippen LogP contribution in [0, 0.1) is 5.92 Å². The molecule has 0 saturated carbocycles. The van der Waals surface area contributed by atoms with Gasteiger partial charge in [0, 0.05) is 6.04 Å². The first kappa shape index (κ1) is 16.4. The first-order valence-electron chi connectivity index (χ1n) is 6.90. The van der Waals surface area contributed by atoms with E-state index in [2.05, 4.69) is 4.90 Å². The summed E-state index contributed by atoms with van der Waals surface area (Å²) in [4.78, 5) is 13.3. The van der Waals surface area contributed by atoms with Crippen molar-refractivity contribution in [2.75, 3.05) is 19.3 Å². The van der Waals surface area contributed by atoms with Crippen molar-refractivity contribution < 1.29 is 18.3 Å². The number of carbonyl (C=O) groups is 1. The highest BCUT2D eigenvalue weighted by molar-refractivity contribution is 7.92. The van der Waals surface area contributed by atoms with Crippen LogP contribution in [0.3, 0.4) is 0 Å². The molecule has 2 atom stereocenters. The van der Waals surface area contributed by atoms with Gasteiger partial charge in [-0.05, 0) is 38.8 Å². The Bertz CT molecular complexity index is 405. The topological polar surface area (TPSA) is 74.7 Å². The molecule has 1 heterocycles. The molecule has 0 aromatic rings. The number of piperidine rings is 1. The fraction of sp³-hybridized carbons (Fsp3) is 0.923. The Morgan fingerprint density at radius 3 is 2.47 bits per heavy atom. The van der Waals surface area contributed by atoms with E-state index in [1.165, 1.54) is 0 Å². The average molecular weight is 291 g/mol. The zero-order valence-electron chi connectivity index (χ0n) is 12.0. The van der Waals surface area contributed by atoms with E-state index in [-0.39, 0.29) is 11.8 Å². The fourth-order valence-corrected chi connectivity index (χ4v) is 4.78. The minimum absolute atomic E-state index is 0.0306. The van der Waals surface area contributed by atoms with Gasteiger partial charge in [0.2, 0.25) is 0 Å². The van der Waals surface area contributed by atoms with Crippen molar-refractivity contribution in [2.45, 2.75) is 50.8 Å². The Morgan fingerprint density at radius 2 is 2.00 bits per heavy atom. The third-order valence-corrected chi connectivity index (χ3v) is 6.22. The molecule has 1 rings (SSSR count). The van der Waals surface area contributed by atoms with Crippen LogP contribution in [-0.4, -0.2) is 55.0 Å². The van der Waals surface area contributed by atoms with Crippen molar-refractivity contribution in [3.8, 4) is 0 Å². The molecule has 0 radical (unpaired) electrons. The summed E-state index contributed by atoms with van der Waals surface area (Å²) in [5, 5.41) is 7.80. The van der Waals surface area contributed by atoms with Gasteiger partial charge in [-0.1, -0.05) is 20.3 Å². The Kier molecular flexibility index (Phi) is 5.80. The predicted molar refractivity (Wildman–Crippen MR) is 74.9 cm³/mol. The molecule has 112 valence electrons. The molecule has 6 heteroatoms. The third kappa shape index (κ3) is 4.45. The maximum Gasteiger partial charge on any atom is 0.322 e. The van der Waals surface area contributed by atoms with Crippen molar-refractivity contribution in [1.29, 1.82) is 0 Å². The second kappa shape index (κ2) is 6.70. The highest BCUT2D eigenvalue weighted by Gasteiger charge is 2.35. The maximum absolute atomic E-state index is 12.2. The van der Waals surface area contributed by atoms with Crippen LogP contribution in [0.15, 0.2) is 0 Å². The van der Waals surface area contributed by atoms with Crippen molar-refractivity contribution in [2.24, 2.45) is 5.92 Å². The largest absolute Gasteiger partial charge is 0.480 e. The number of aliphatic carboxylic acids is 1. The summed E-state index contributed by atoms with van der Waals surface area (Å²) in [6.07, 6.45) is 3.83. The number of sulfone groups is 1. The molecule has 0 amide bonds. The number of likely N-dealkylation sites (tertiary alicyclic amines) is 1. The Labute approximate surface area is 115 Å². The Morgan fingerprint density at radius 1 is 1.37 bits per heavy atom. The molecule has 1 aliphatic heterocycles. The lowest BCUT2D eigenvalue weighted by Gasteiger charge is -2.32. The SMILES string of the molecule is CC(C)C(C(=O)O)S(=O)(=O)CCC1CCCCN1C. The van der Waals surface area contributed by atoms with Gasteiger partial charge < -0.3 is 10.0 Å². The first-order valence-corrected chi connectivity index (χ1v) is 8.62. The lowest BCUT2D eigenvalue weighted by atomic mass is 10.0. The van der Waals surface area contributed by atoms with Crippen LogP contribution in [0.4, 0.5) is 0 Å². The van der Waals surface area contributed by atoms with E-state index < -0.39 is 27.0 Å². The van der Waals surface area contributed by atoms with Gasteiger partial charge in [0.15, 0.2) is 15.1 Å². The summed E-state index contributed by atoms with van der Waals surface area (Å²) in [6.45, 7) is 4.28. The van der Waals surface area contributed by atoms with Crippen molar-refractivity contribution in [3.05, 3.63) is 0 Å². The number of hydrogen-bond acceptors (Lipinski definition) is 4. The second-order valence-corrected chi connectivity index (χ2v) is 8.03. The van der Waals surface area contributed by atoms with Gasteiger partial charge in [-0.15, -0.1) is 0 Å². The highest BCUT2D eigenvalue weighted by Crippen LogP contribution is 2.21. The van der Waals surface area contributed by atoms with Gasteiger partial charge in [-0.25, -0.2) is 8.42 Å². The highest BCUT2D eigenvalue weighted by atomic mass is 32.2. The van der Waals surface area contributed by atoms with Gasteiger partial charge in [0.1, 0.15) is 0 Å². The average Bonchev–Trinajstić information content (AvgIpc) is 2.26. The molecule has 0 bridgehead atoms. The molecule has 0 aromatic heterocycles.